The Bertz CT molecular complexity index is 638. The highest BCUT2D eigenvalue weighted by molar-refractivity contribution is 7.89. The van der Waals surface area contributed by atoms with E-state index >= 15 is 0 Å². The van der Waals surface area contributed by atoms with Gasteiger partial charge in [0.15, 0.2) is 0 Å². The third kappa shape index (κ3) is 3.84. The number of hydrogen-bond donors (Lipinski definition) is 0. The normalized spacial score (nSPS) is 16.6. The molecule has 0 bridgehead atoms. The van der Waals surface area contributed by atoms with Crippen molar-refractivity contribution in [3.63, 3.8) is 0 Å². The molecule has 22 heavy (non-hydrogen) atoms. The van der Waals surface area contributed by atoms with Crippen LogP contribution in [0.1, 0.15) is 6.92 Å². The van der Waals surface area contributed by atoms with Gasteiger partial charge in [-0.3, -0.25) is 0 Å². The van der Waals surface area contributed by atoms with E-state index in [9.17, 15) is 13.2 Å². The van der Waals surface area contributed by atoms with Gasteiger partial charge < -0.3 is 9.64 Å². The van der Waals surface area contributed by atoms with Crippen LogP contribution in [0.25, 0.3) is 0 Å². The lowest BCUT2D eigenvalue weighted by atomic mass is 10.4. The Labute approximate surface area is 139 Å². The molecule has 0 spiro atoms. The molecule has 1 amide bonds. The number of piperazine rings is 1. The molecule has 1 aromatic carbocycles. The predicted octanol–water partition coefficient (Wildman–Crippen LogP) is 2.46. The molecule has 0 unspecified atom stereocenters. The smallest absolute Gasteiger partial charge is 0.409 e. The minimum Gasteiger partial charge on any atom is -0.450 e. The second kappa shape index (κ2) is 7.04. The number of benzene rings is 1. The quantitative estimate of drug-likeness (QED) is 0.823. The van der Waals surface area contributed by atoms with Crippen molar-refractivity contribution in [3.05, 3.63) is 28.2 Å². The highest BCUT2D eigenvalue weighted by atomic mass is 35.5. The molecule has 0 radical (unpaired) electrons. The first-order valence-electron chi connectivity index (χ1n) is 6.72. The van der Waals surface area contributed by atoms with Crippen LogP contribution in [-0.4, -0.2) is 56.5 Å². The van der Waals surface area contributed by atoms with E-state index < -0.39 is 16.1 Å². The first-order chi connectivity index (χ1) is 10.3. The van der Waals surface area contributed by atoms with Crippen LogP contribution >= 0.6 is 23.2 Å². The van der Waals surface area contributed by atoms with Crippen molar-refractivity contribution >= 4 is 39.3 Å². The summed E-state index contributed by atoms with van der Waals surface area (Å²) in [6.45, 7) is 2.98. The molecule has 1 aromatic rings. The number of carbonyl (C=O) groups excluding carboxylic acids is 1. The Kier molecular flexibility index (Phi) is 5.55. The van der Waals surface area contributed by atoms with Crippen LogP contribution in [-0.2, 0) is 14.8 Å². The lowest BCUT2D eigenvalue weighted by molar-refractivity contribution is 0.0934. The number of amides is 1. The fourth-order valence-electron chi connectivity index (χ4n) is 2.15. The lowest BCUT2D eigenvalue weighted by Crippen LogP contribution is -2.50. The number of ether oxygens (including phenoxy) is 1. The fourth-order valence-corrected chi connectivity index (χ4v) is 4.30. The van der Waals surface area contributed by atoms with Crippen molar-refractivity contribution in [2.24, 2.45) is 0 Å². The maximum atomic E-state index is 12.6. The topological polar surface area (TPSA) is 66.9 Å². The molecule has 2 rings (SSSR count). The summed E-state index contributed by atoms with van der Waals surface area (Å²) in [6.07, 6.45) is -0.426. The van der Waals surface area contributed by atoms with Crippen LogP contribution in [0, 0.1) is 0 Å². The van der Waals surface area contributed by atoms with Gasteiger partial charge in [-0.25, -0.2) is 13.2 Å². The van der Waals surface area contributed by atoms with Crippen LogP contribution in [0.5, 0.6) is 0 Å². The fraction of sp³-hybridized carbons (Fsp3) is 0.462. The number of rotatable bonds is 3. The van der Waals surface area contributed by atoms with E-state index in [-0.39, 0.29) is 41.1 Å². The Balaban J connectivity index is 2.11. The van der Waals surface area contributed by atoms with Crippen LogP contribution in [0.4, 0.5) is 4.79 Å². The molecule has 9 heteroatoms. The van der Waals surface area contributed by atoms with Crippen molar-refractivity contribution in [2.75, 3.05) is 32.8 Å². The second-order valence-corrected chi connectivity index (χ2v) is 7.51. The van der Waals surface area contributed by atoms with Crippen LogP contribution in [0.3, 0.4) is 0 Å². The zero-order valence-electron chi connectivity index (χ0n) is 12.0. The molecular weight excluding hydrogens is 351 g/mol. The molecule has 1 heterocycles. The highest BCUT2D eigenvalue weighted by Crippen LogP contribution is 2.25. The third-order valence-electron chi connectivity index (χ3n) is 3.24. The maximum Gasteiger partial charge on any atom is 0.409 e. The first-order valence-corrected chi connectivity index (χ1v) is 8.92. The van der Waals surface area contributed by atoms with Gasteiger partial charge >= 0.3 is 6.09 Å². The number of sulfonamides is 1. The summed E-state index contributed by atoms with van der Waals surface area (Å²) in [5.74, 6) is 0. The van der Waals surface area contributed by atoms with Crippen LogP contribution in [0.2, 0.25) is 10.0 Å². The van der Waals surface area contributed by atoms with Gasteiger partial charge in [0, 0.05) is 36.2 Å². The summed E-state index contributed by atoms with van der Waals surface area (Å²) in [7, 11) is -3.68. The van der Waals surface area contributed by atoms with Gasteiger partial charge in [-0.15, -0.1) is 0 Å². The minimum atomic E-state index is -3.68. The first kappa shape index (κ1) is 17.3. The molecular formula is C13H16Cl2N2O4S. The molecule has 122 valence electrons. The standard InChI is InChI=1S/C13H16Cl2N2O4S/c1-2-21-13(18)16-3-5-17(6-4-16)22(19,20)12-8-10(14)7-11(15)9-12/h7-9H,2-6H2,1H3. The van der Waals surface area contributed by atoms with E-state index in [1.54, 1.807) is 6.92 Å². The average molecular weight is 367 g/mol. The molecule has 6 nitrogen and oxygen atoms in total. The molecule has 1 saturated heterocycles. The van der Waals surface area contributed by atoms with Gasteiger partial charge in [0.2, 0.25) is 10.0 Å². The number of carbonyl (C=O) groups is 1. The monoisotopic (exact) mass is 366 g/mol. The summed E-state index contributed by atoms with van der Waals surface area (Å²) < 4.78 is 31.3. The average Bonchev–Trinajstić information content (AvgIpc) is 2.46. The zero-order chi connectivity index (χ0) is 16.3. The largest absolute Gasteiger partial charge is 0.450 e. The van der Waals surface area contributed by atoms with E-state index in [1.165, 1.54) is 27.4 Å². The highest BCUT2D eigenvalue weighted by Gasteiger charge is 2.30. The third-order valence-corrected chi connectivity index (χ3v) is 5.55. The van der Waals surface area contributed by atoms with Crippen molar-refractivity contribution < 1.29 is 17.9 Å². The van der Waals surface area contributed by atoms with E-state index in [1.807, 2.05) is 0 Å². The molecule has 0 aliphatic carbocycles. The van der Waals surface area contributed by atoms with Gasteiger partial charge in [-0.05, 0) is 25.1 Å². The summed E-state index contributed by atoms with van der Waals surface area (Å²) in [5, 5.41) is 0.521. The SMILES string of the molecule is CCOC(=O)N1CCN(S(=O)(=O)c2cc(Cl)cc(Cl)c2)CC1. The van der Waals surface area contributed by atoms with Crippen molar-refractivity contribution in [3.8, 4) is 0 Å². The number of nitrogens with zero attached hydrogens (tertiary/aromatic N) is 2. The van der Waals surface area contributed by atoms with E-state index in [0.29, 0.717) is 6.61 Å². The van der Waals surface area contributed by atoms with E-state index in [4.69, 9.17) is 27.9 Å². The minimum absolute atomic E-state index is 0.0505. The van der Waals surface area contributed by atoms with Crippen molar-refractivity contribution in [1.29, 1.82) is 0 Å². The Morgan fingerprint density at radius 1 is 1.14 bits per heavy atom. The lowest BCUT2D eigenvalue weighted by Gasteiger charge is -2.33. The molecule has 0 N–H and O–H groups in total. The zero-order valence-corrected chi connectivity index (χ0v) is 14.3. The van der Waals surface area contributed by atoms with Crippen LogP contribution < -0.4 is 0 Å². The van der Waals surface area contributed by atoms with Gasteiger partial charge in [0.05, 0.1) is 11.5 Å². The van der Waals surface area contributed by atoms with E-state index in [2.05, 4.69) is 0 Å². The molecule has 1 aliphatic rings. The van der Waals surface area contributed by atoms with E-state index in [0.717, 1.165) is 0 Å². The Morgan fingerprint density at radius 3 is 2.18 bits per heavy atom. The Hall–Kier alpha value is -1.02. The van der Waals surface area contributed by atoms with Gasteiger partial charge in [-0.1, -0.05) is 23.2 Å². The van der Waals surface area contributed by atoms with Crippen molar-refractivity contribution in [2.45, 2.75) is 11.8 Å². The van der Waals surface area contributed by atoms with Crippen molar-refractivity contribution in [1.82, 2.24) is 9.21 Å². The second-order valence-electron chi connectivity index (χ2n) is 4.70. The molecule has 1 fully saturated rings. The molecule has 0 atom stereocenters. The molecule has 0 aromatic heterocycles. The summed E-state index contributed by atoms with van der Waals surface area (Å²) in [4.78, 5) is 13.2. The summed E-state index contributed by atoms with van der Waals surface area (Å²) in [5.41, 5.74) is 0. The number of halogens is 2. The Morgan fingerprint density at radius 2 is 1.68 bits per heavy atom. The molecule has 1 aliphatic heterocycles. The van der Waals surface area contributed by atoms with Gasteiger partial charge in [0.25, 0.3) is 0 Å². The van der Waals surface area contributed by atoms with Gasteiger partial charge in [0.1, 0.15) is 0 Å². The maximum absolute atomic E-state index is 12.6. The predicted molar refractivity (Wildman–Crippen MR) is 83.8 cm³/mol. The van der Waals surface area contributed by atoms with Gasteiger partial charge in [-0.2, -0.15) is 4.31 Å². The summed E-state index contributed by atoms with van der Waals surface area (Å²) in [6, 6.07) is 4.20. The summed E-state index contributed by atoms with van der Waals surface area (Å²) >= 11 is 11.7. The van der Waals surface area contributed by atoms with Crippen LogP contribution in [0.15, 0.2) is 23.1 Å². The number of hydrogen-bond acceptors (Lipinski definition) is 4. The molecule has 0 saturated carbocycles.